The summed E-state index contributed by atoms with van der Waals surface area (Å²) in [6.07, 6.45) is -1.60. The minimum Gasteiger partial charge on any atom is -0.545 e. The molecular weight excluding hydrogens is 215 g/mol. The van der Waals surface area contributed by atoms with Crippen LogP contribution in [0.25, 0.3) is 11.1 Å². The fourth-order valence-electron chi connectivity index (χ4n) is 1.22. The van der Waals surface area contributed by atoms with E-state index in [0.717, 1.165) is 12.1 Å². The van der Waals surface area contributed by atoms with Crippen molar-refractivity contribution in [3.05, 3.63) is 29.7 Å². The van der Waals surface area contributed by atoms with Gasteiger partial charge in [0, 0.05) is 17.8 Å². The van der Waals surface area contributed by atoms with Gasteiger partial charge in [0.1, 0.15) is 5.52 Å². The van der Waals surface area contributed by atoms with Crippen LogP contribution in [0.4, 0.5) is 8.78 Å². The van der Waals surface area contributed by atoms with Crippen molar-refractivity contribution in [2.75, 3.05) is 0 Å². The minimum absolute atomic E-state index is 0. The topological polar surface area (TPSA) is 66.2 Å². The fraction of sp³-hybridized carbons (Fsp3) is 0.111. The largest absolute Gasteiger partial charge is 1.00 e. The van der Waals surface area contributed by atoms with Crippen molar-refractivity contribution in [2.24, 2.45) is 0 Å². The van der Waals surface area contributed by atoms with Gasteiger partial charge in [0.15, 0.2) is 11.3 Å². The number of aromatic carboxylic acids is 1. The van der Waals surface area contributed by atoms with Crippen molar-refractivity contribution in [3.63, 3.8) is 0 Å². The third-order valence-corrected chi connectivity index (χ3v) is 1.87. The maximum absolute atomic E-state index is 12.3. The van der Waals surface area contributed by atoms with Crippen molar-refractivity contribution in [1.29, 1.82) is 0 Å². The second-order valence-electron chi connectivity index (χ2n) is 2.81. The Morgan fingerprint density at radius 2 is 2.19 bits per heavy atom. The van der Waals surface area contributed by atoms with Gasteiger partial charge < -0.3 is 14.3 Å². The summed E-state index contributed by atoms with van der Waals surface area (Å²) in [5.74, 6) is -2.09. The van der Waals surface area contributed by atoms with Crippen molar-refractivity contribution < 1.29 is 42.0 Å². The number of furan rings is 1. The number of carboxylic acid groups (broad SMARTS) is 1. The number of pyridine rings is 1. The third kappa shape index (κ3) is 2.08. The second-order valence-corrected chi connectivity index (χ2v) is 2.81. The summed E-state index contributed by atoms with van der Waals surface area (Å²) in [6.45, 7) is 0. The first-order chi connectivity index (χ1) is 7.09. The number of carbonyl (C=O) groups is 1. The summed E-state index contributed by atoms with van der Waals surface area (Å²) >= 11 is 0. The van der Waals surface area contributed by atoms with E-state index in [1.54, 1.807) is 0 Å². The number of halogens is 2. The van der Waals surface area contributed by atoms with Gasteiger partial charge in [0.05, 0.1) is 5.97 Å². The Morgan fingerprint density at radius 3 is 2.75 bits per heavy atom. The van der Waals surface area contributed by atoms with E-state index >= 15 is 0 Å². The normalized spacial score (nSPS) is 10.4. The molecule has 0 amide bonds. The summed E-state index contributed by atoms with van der Waals surface area (Å²) in [4.78, 5) is 14.3. The molecule has 7 heteroatoms. The van der Waals surface area contributed by atoms with Gasteiger partial charge in [-0.05, 0) is 6.07 Å². The molecule has 78 valence electrons. The molecule has 0 spiro atoms. The van der Waals surface area contributed by atoms with E-state index in [2.05, 4.69) is 9.40 Å². The molecule has 0 aliphatic heterocycles. The number of rotatable bonds is 2. The molecule has 0 saturated heterocycles. The van der Waals surface area contributed by atoms with Gasteiger partial charge in [-0.2, -0.15) is 0 Å². The Kier molecular flexibility index (Phi) is 3.68. The maximum Gasteiger partial charge on any atom is 1.00 e. The number of hydrogen-bond acceptors (Lipinski definition) is 4. The number of nitrogens with zero attached hydrogens (tertiary/aromatic N) is 1. The molecule has 2 rings (SSSR count). The minimum atomic E-state index is -2.80. The van der Waals surface area contributed by atoms with Crippen LogP contribution < -0.4 is 24.0 Å². The number of alkyl halides is 2. The summed E-state index contributed by atoms with van der Waals surface area (Å²) in [6, 6.07) is 2.14. The van der Waals surface area contributed by atoms with E-state index in [1.165, 1.54) is 6.20 Å². The molecule has 0 N–H and O–H groups in total. The fourth-order valence-corrected chi connectivity index (χ4v) is 1.22. The molecule has 0 aliphatic rings. The Balaban J connectivity index is 0.00000128. The van der Waals surface area contributed by atoms with Gasteiger partial charge in [-0.3, -0.25) is 4.98 Å². The van der Waals surface area contributed by atoms with Gasteiger partial charge in [-0.25, -0.2) is 8.78 Å². The van der Waals surface area contributed by atoms with E-state index in [4.69, 9.17) is 0 Å². The summed E-state index contributed by atoms with van der Waals surface area (Å²) in [5.41, 5.74) is -0.397. The van der Waals surface area contributed by atoms with Gasteiger partial charge in [-0.1, -0.05) is 0 Å². The average Bonchev–Trinajstić information content (AvgIpc) is 2.60. The molecule has 0 bridgehead atoms. The van der Waals surface area contributed by atoms with Gasteiger partial charge >= 0.3 is 18.9 Å². The number of carbonyl (C=O) groups excluding carboxylic acids is 1. The molecule has 0 atom stereocenters. The van der Waals surface area contributed by atoms with Crippen LogP contribution in [0.15, 0.2) is 22.7 Å². The zero-order valence-electron chi connectivity index (χ0n) is 8.24. The Morgan fingerprint density at radius 1 is 1.50 bits per heavy atom. The van der Waals surface area contributed by atoms with Gasteiger partial charge in [0.25, 0.3) is 6.43 Å². The molecule has 0 fully saturated rings. The number of carboxylic acids is 1. The first-order valence-corrected chi connectivity index (χ1v) is 3.97. The molecule has 0 unspecified atom stereocenters. The maximum atomic E-state index is 12.3. The van der Waals surface area contributed by atoms with Crippen LogP contribution in [0.5, 0.6) is 0 Å². The average molecular weight is 219 g/mol. The Hall–Kier alpha value is -1.38. The van der Waals surface area contributed by atoms with E-state index in [1.807, 2.05) is 0 Å². The van der Waals surface area contributed by atoms with Crippen LogP contribution in [0.2, 0.25) is 0 Å². The zero-order chi connectivity index (χ0) is 11.0. The predicted molar refractivity (Wildman–Crippen MR) is 43.3 cm³/mol. The zero-order valence-corrected chi connectivity index (χ0v) is 8.24. The van der Waals surface area contributed by atoms with E-state index in [-0.39, 0.29) is 35.5 Å². The third-order valence-electron chi connectivity index (χ3n) is 1.87. The first-order valence-electron chi connectivity index (χ1n) is 3.97. The second kappa shape index (κ2) is 4.64. The summed E-state index contributed by atoms with van der Waals surface area (Å²) < 4.78 is 29.2. The van der Waals surface area contributed by atoms with Crippen molar-refractivity contribution in [2.45, 2.75) is 6.43 Å². The first kappa shape index (κ1) is 12.7. The predicted octanol–water partition coefficient (Wildman–Crippen LogP) is -1.87. The van der Waals surface area contributed by atoms with Crippen LogP contribution in [-0.4, -0.2) is 11.0 Å². The molecule has 2 heterocycles. The molecule has 0 aromatic carbocycles. The number of hydrogen-bond donors (Lipinski definition) is 0. The monoisotopic (exact) mass is 219 g/mol. The number of fused-ring (bicyclic) bond motifs is 1. The molecular formula is C9H4F2LiNO3. The van der Waals surface area contributed by atoms with Crippen LogP contribution in [0, 0.1) is 0 Å². The molecule has 4 nitrogen and oxygen atoms in total. The standard InChI is InChI=1S/C9H5F2NO3.Li/c10-8(11)6-3-5-7(15-6)4(9(13)14)1-2-12-5;/h1-3,8H,(H,13,14);/q;+1/p-1. The summed E-state index contributed by atoms with van der Waals surface area (Å²) in [7, 11) is 0. The van der Waals surface area contributed by atoms with Crippen molar-refractivity contribution in [1.82, 2.24) is 4.98 Å². The van der Waals surface area contributed by atoms with Crippen molar-refractivity contribution >= 4 is 17.1 Å². The smallest absolute Gasteiger partial charge is 0.545 e. The molecule has 0 saturated carbocycles. The quantitative estimate of drug-likeness (QED) is 0.555. The number of aromatic nitrogens is 1. The SMILES string of the molecule is O=C([O-])c1ccnc2cc(C(F)F)oc12.[Li+]. The summed E-state index contributed by atoms with van der Waals surface area (Å²) in [5, 5.41) is 10.6. The molecule has 0 aliphatic carbocycles. The van der Waals surface area contributed by atoms with E-state index in [0.29, 0.717) is 0 Å². The van der Waals surface area contributed by atoms with Crippen molar-refractivity contribution in [3.8, 4) is 0 Å². The van der Waals surface area contributed by atoms with Crippen LogP contribution >= 0.6 is 0 Å². The van der Waals surface area contributed by atoms with Gasteiger partial charge in [-0.15, -0.1) is 0 Å². The van der Waals surface area contributed by atoms with Crippen LogP contribution in [0.1, 0.15) is 22.5 Å². The molecule has 2 aromatic rings. The Labute approximate surface area is 100 Å². The molecule has 2 aromatic heterocycles. The van der Waals surface area contributed by atoms with Crippen LogP contribution in [-0.2, 0) is 0 Å². The molecule has 0 radical (unpaired) electrons. The van der Waals surface area contributed by atoms with E-state index in [9.17, 15) is 18.7 Å². The van der Waals surface area contributed by atoms with Gasteiger partial charge in [0.2, 0.25) is 0 Å². The van der Waals surface area contributed by atoms with E-state index < -0.39 is 18.2 Å². The molecule has 16 heavy (non-hydrogen) atoms. The van der Waals surface area contributed by atoms with Crippen LogP contribution in [0.3, 0.4) is 0 Å². The Bertz CT molecular complexity index is 526.